The molecule has 0 saturated carbocycles. The van der Waals surface area contributed by atoms with Crippen molar-refractivity contribution in [3.63, 3.8) is 0 Å². The van der Waals surface area contributed by atoms with Gasteiger partial charge in [0.25, 0.3) is 0 Å². The SMILES string of the molecule is CCC(C)N(C)CCNC(=O)C(C)(C)c1ccc(N)cc1. The molecule has 0 spiro atoms. The van der Waals surface area contributed by atoms with Crippen molar-refractivity contribution in [2.45, 2.75) is 45.6 Å². The van der Waals surface area contributed by atoms with Crippen LogP contribution in [0.25, 0.3) is 0 Å². The molecule has 0 saturated heterocycles. The van der Waals surface area contributed by atoms with Crippen molar-refractivity contribution >= 4 is 11.6 Å². The molecule has 118 valence electrons. The van der Waals surface area contributed by atoms with E-state index in [1.54, 1.807) is 0 Å². The Bertz CT molecular complexity index is 454. The zero-order valence-corrected chi connectivity index (χ0v) is 13.9. The van der Waals surface area contributed by atoms with Gasteiger partial charge in [0.15, 0.2) is 0 Å². The Morgan fingerprint density at radius 3 is 2.43 bits per heavy atom. The van der Waals surface area contributed by atoms with Gasteiger partial charge in [-0.2, -0.15) is 0 Å². The van der Waals surface area contributed by atoms with Crippen LogP contribution in [0.5, 0.6) is 0 Å². The summed E-state index contributed by atoms with van der Waals surface area (Å²) in [7, 11) is 2.09. The van der Waals surface area contributed by atoms with Crippen LogP contribution in [0.1, 0.15) is 39.7 Å². The van der Waals surface area contributed by atoms with Gasteiger partial charge in [-0.25, -0.2) is 0 Å². The molecule has 1 atom stereocenters. The van der Waals surface area contributed by atoms with Gasteiger partial charge in [0.05, 0.1) is 5.41 Å². The van der Waals surface area contributed by atoms with E-state index in [-0.39, 0.29) is 5.91 Å². The van der Waals surface area contributed by atoms with E-state index in [1.165, 1.54) is 0 Å². The Labute approximate surface area is 128 Å². The second-order valence-electron chi connectivity index (χ2n) is 6.24. The Hall–Kier alpha value is -1.55. The molecule has 1 aromatic carbocycles. The molecule has 1 aromatic rings. The number of hydrogen-bond acceptors (Lipinski definition) is 3. The first-order chi connectivity index (χ1) is 9.78. The predicted octanol–water partition coefficient (Wildman–Crippen LogP) is 2.39. The summed E-state index contributed by atoms with van der Waals surface area (Å²) < 4.78 is 0. The largest absolute Gasteiger partial charge is 0.399 e. The summed E-state index contributed by atoms with van der Waals surface area (Å²) in [6.45, 7) is 9.76. The maximum atomic E-state index is 12.4. The standard InChI is InChI=1S/C17H29N3O/c1-6-13(2)20(5)12-11-19-16(21)17(3,4)14-7-9-15(18)10-8-14/h7-10,13H,6,11-12,18H2,1-5H3,(H,19,21). The smallest absolute Gasteiger partial charge is 0.230 e. The number of nitrogens with zero attached hydrogens (tertiary/aromatic N) is 1. The van der Waals surface area contributed by atoms with Crippen LogP contribution in [0.3, 0.4) is 0 Å². The molecule has 3 N–H and O–H groups in total. The van der Waals surface area contributed by atoms with Gasteiger partial charge in [-0.1, -0.05) is 19.1 Å². The molecule has 0 heterocycles. The van der Waals surface area contributed by atoms with Crippen molar-refractivity contribution in [1.29, 1.82) is 0 Å². The molecule has 4 heteroatoms. The lowest BCUT2D eigenvalue weighted by molar-refractivity contribution is -0.125. The van der Waals surface area contributed by atoms with Crippen molar-refractivity contribution in [1.82, 2.24) is 10.2 Å². The summed E-state index contributed by atoms with van der Waals surface area (Å²) in [4.78, 5) is 14.7. The van der Waals surface area contributed by atoms with Crippen LogP contribution in [-0.4, -0.2) is 37.0 Å². The number of anilines is 1. The van der Waals surface area contributed by atoms with Crippen LogP contribution in [0.4, 0.5) is 5.69 Å². The molecule has 0 fully saturated rings. The fourth-order valence-electron chi connectivity index (χ4n) is 2.13. The van der Waals surface area contributed by atoms with E-state index >= 15 is 0 Å². The average Bonchev–Trinajstić information content (AvgIpc) is 2.46. The first-order valence-electron chi connectivity index (χ1n) is 7.63. The van der Waals surface area contributed by atoms with Crippen LogP contribution in [-0.2, 0) is 10.2 Å². The maximum absolute atomic E-state index is 12.4. The molecule has 4 nitrogen and oxygen atoms in total. The van der Waals surface area contributed by atoms with E-state index < -0.39 is 5.41 Å². The highest BCUT2D eigenvalue weighted by Gasteiger charge is 2.29. The zero-order chi connectivity index (χ0) is 16.0. The summed E-state index contributed by atoms with van der Waals surface area (Å²) in [5.74, 6) is 0.0461. The van der Waals surface area contributed by atoms with E-state index in [0.29, 0.717) is 18.3 Å². The van der Waals surface area contributed by atoms with Gasteiger partial charge in [0, 0.05) is 24.8 Å². The lowest BCUT2D eigenvalue weighted by Gasteiger charge is -2.27. The molecule has 0 aliphatic carbocycles. The second-order valence-corrected chi connectivity index (χ2v) is 6.24. The molecule has 21 heavy (non-hydrogen) atoms. The highest BCUT2D eigenvalue weighted by Crippen LogP contribution is 2.24. The second kappa shape index (κ2) is 7.46. The lowest BCUT2D eigenvalue weighted by Crippen LogP contribution is -2.44. The van der Waals surface area contributed by atoms with E-state index in [4.69, 9.17) is 5.73 Å². The number of nitrogens with one attached hydrogen (secondary N) is 1. The van der Waals surface area contributed by atoms with Crippen molar-refractivity contribution in [2.24, 2.45) is 0 Å². The minimum Gasteiger partial charge on any atom is -0.399 e. The van der Waals surface area contributed by atoms with Crippen molar-refractivity contribution in [3.05, 3.63) is 29.8 Å². The summed E-state index contributed by atoms with van der Waals surface area (Å²) in [6, 6.07) is 8.04. The topological polar surface area (TPSA) is 58.4 Å². The number of nitrogens with two attached hydrogens (primary N) is 1. The first-order valence-corrected chi connectivity index (χ1v) is 7.63. The third kappa shape index (κ3) is 4.74. The highest BCUT2D eigenvalue weighted by molar-refractivity contribution is 5.87. The first kappa shape index (κ1) is 17.5. The molecule has 1 rings (SSSR count). The van der Waals surface area contributed by atoms with E-state index in [2.05, 4.69) is 31.1 Å². The normalized spacial score (nSPS) is 13.2. The van der Waals surface area contributed by atoms with Gasteiger partial charge in [0.2, 0.25) is 5.91 Å². The predicted molar refractivity (Wildman–Crippen MR) is 89.3 cm³/mol. The Kier molecular flexibility index (Phi) is 6.21. The van der Waals surface area contributed by atoms with Crippen LogP contribution in [0.2, 0.25) is 0 Å². The lowest BCUT2D eigenvalue weighted by atomic mass is 9.83. The number of rotatable bonds is 7. The number of nitrogen functional groups attached to an aromatic ring is 1. The fraction of sp³-hybridized carbons (Fsp3) is 0.588. The Morgan fingerprint density at radius 1 is 1.33 bits per heavy atom. The minimum absolute atomic E-state index is 0.0461. The van der Waals surface area contributed by atoms with Crippen LogP contribution >= 0.6 is 0 Å². The minimum atomic E-state index is -0.553. The molecular formula is C17H29N3O. The third-order valence-corrected chi connectivity index (χ3v) is 4.29. The fourth-order valence-corrected chi connectivity index (χ4v) is 2.13. The monoisotopic (exact) mass is 291 g/mol. The molecule has 0 aromatic heterocycles. The van der Waals surface area contributed by atoms with Gasteiger partial charge >= 0.3 is 0 Å². The summed E-state index contributed by atoms with van der Waals surface area (Å²) in [6.07, 6.45) is 1.11. The van der Waals surface area contributed by atoms with Gasteiger partial charge in [-0.15, -0.1) is 0 Å². The molecule has 1 unspecified atom stereocenters. The number of likely N-dealkylation sites (N-methyl/N-ethyl adjacent to an activating group) is 1. The Morgan fingerprint density at radius 2 is 1.90 bits per heavy atom. The van der Waals surface area contributed by atoms with Gasteiger partial charge in [-0.05, 0) is 51.9 Å². The van der Waals surface area contributed by atoms with Gasteiger partial charge in [0.1, 0.15) is 0 Å². The highest BCUT2D eigenvalue weighted by atomic mass is 16.2. The third-order valence-electron chi connectivity index (χ3n) is 4.29. The summed E-state index contributed by atoms with van der Waals surface area (Å²) >= 11 is 0. The zero-order valence-electron chi connectivity index (χ0n) is 13.9. The Balaban J connectivity index is 2.56. The van der Waals surface area contributed by atoms with Gasteiger partial charge in [-0.3, -0.25) is 4.79 Å². The van der Waals surface area contributed by atoms with Crippen molar-refractivity contribution in [3.8, 4) is 0 Å². The van der Waals surface area contributed by atoms with Crippen LogP contribution in [0, 0.1) is 0 Å². The molecule has 0 bridgehead atoms. The number of amides is 1. The quantitative estimate of drug-likeness (QED) is 0.758. The summed E-state index contributed by atoms with van der Waals surface area (Å²) in [5.41, 5.74) is 6.83. The molecular weight excluding hydrogens is 262 g/mol. The summed E-state index contributed by atoms with van der Waals surface area (Å²) in [5, 5.41) is 3.03. The van der Waals surface area contributed by atoms with E-state index in [1.807, 2.05) is 38.1 Å². The van der Waals surface area contributed by atoms with Crippen LogP contribution in [0.15, 0.2) is 24.3 Å². The molecule has 0 aliphatic heterocycles. The van der Waals surface area contributed by atoms with E-state index in [9.17, 15) is 4.79 Å². The van der Waals surface area contributed by atoms with E-state index in [0.717, 1.165) is 18.5 Å². The van der Waals surface area contributed by atoms with Gasteiger partial charge < -0.3 is 16.0 Å². The molecule has 0 aliphatic rings. The number of carbonyl (C=O) groups is 1. The maximum Gasteiger partial charge on any atom is 0.230 e. The van der Waals surface area contributed by atoms with Crippen LogP contribution < -0.4 is 11.1 Å². The average molecular weight is 291 g/mol. The number of hydrogen-bond donors (Lipinski definition) is 2. The van der Waals surface area contributed by atoms with Crippen molar-refractivity contribution < 1.29 is 4.79 Å². The number of benzene rings is 1. The number of carbonyl (C=O) groups excluding carboxylic acids is 1. The van der Waals surface area contributed by atoms with Crippen molar-refractivity contribution in [2.75, 3.05) is 25.9 Å². The molecule has 1 amide bonds. The molecule has 0 radical (unpaired) electrons.